The van der Waals surface area contributed by atoms with Crippen molar-refractivity contribution in [1.29, 1.82) is 0 Å². The molecule has 2 amide bonds. The molecule has 1 atom stereocenters. The molecule has 0 radical (unpaired) electrons. The molecule has 0 N–H and O–H groups in total. The molecule has 1 aromatic heterocycles. The maximum atomic E-state index is 12.7. The summed E-state index contributed by atoms with van der Waals surface area (Å²) in [5.74, 6) is 0.163. The summed E-state index contributed by atoms with van der Waals surface area (Å²) in [6.07, 6.45) is 7.99. The van der Waals surface area contributed by atoms with E-state index in [-0.39, 0.29) is 23.1 Å². The topological polar surface area (TPSA) is 66.4 Å². The summed E-state index contributed by atoms with van der Waals surface area (Å²) in [5.41, 5.74) is 0. The highest BCUT2D eigenvalue weighted by Gasteiger charge is 2.34. The minimum atomic E-state index is -0.195. The predicted molar refractivity (Wildman–Crippen MR) is 101 cm³/mol. The van der Waals surface area contributed by atoms with Gasteiger partial charge in [0.05, 0.1) is 5.25 Å². The molecule has 0 aromatic carbocycles. The van der Waals surface area contributed by atoms with Gasteiger partial charge in [0.25, 0.3) is 0 Å². The molecular formula is C17H26N4O2S2. The van der Waals surface area contributed by atoms with Gasteiger partial charge in [-0.2, -0.15) is 0 Å². The fraction of sp³-hybridized carbons (Fsp3) is 0.765. The highest BCUT2D eigenvalue weighted by Crippen LogP contribution is 2.37. The van der Waals surface area contributed by atoms with Crippen molar-refractivity contribution < 1.29 is 9.59 Å². The van der Waals surface area contributed by atoms with Gasteiger partial charge in [0.15, 0.2) is 4.34 Å². The lowest BCUT2D eigenvalue weighted by molar-refractivity contribution is -0.131. The van der Waals surface area contributed by atoms with Crippen LogP contribution in [0.1, 0.15) is 58.8 Å². The summed E-state index contributed by atoms with van der Waals surface area (Å²) < 4.78 is 0.750. The highest BCUT2D eigenvalue weighted by atomic mass is 32.2. The third kappa shape index (κ3) is 4.53. The van der Waals surface area contributed by atoms with Gasteiger partial charge in [0.2, 0.25) is 16.9 Å². The molecule has 0 aliphatic heterocycles. The van der Waals surface area contributed by atoms with E-state index in [1.807, 2.05) is 18.9 Å². The molecule has 0 bridgehead atoms. The molecule has 6 nitrogen and oxygen atoms in total. The number of carbonyl (C=O) groups is 2. The lowest BCUT2D eigenvalue weighted by Crippen LogP contribution is -2.42. The van der Waals surface area contributed by atoms with Crippen molar-refractivity contribution in [1.82, 2.24) is 15.1 Å². The minimum Gasteiger partial charge on any atom is -0.342 e. The monoisotopic (exact) mass is 382 g/mol. The first-order valence-electron chi connectivity index (χ1n) is 9.04. The summed E-state index contributed by atoms with van der Waals surface area (Å²) in [6.45, 7) is 3.49. The Balaban J connectivity index is 1.59. The van der Waals surface area contributed by atoms with Crippen molar-refractivity contribution >= 4 is 40.0 Å². The average molecular weight is 383 g/mol. The maximum absolute atomic E-state index is 12.7. The molecule has 138 valence electrons. The predicted octanol–water partition coefficient (Wildman–Crippen LogP) is 3.33. The van der Waals surface area contributed by atoms with Crippen LogP contribution in [0.3, 0.4) is 0 Å². The van der Waals surface area contributed by atoms with Gasteiger partial charge in [-0.3, -0.25) is 14.5 Å². The lowest BCUT2D eigenvalue weighted by Gasteiger charge is -2.32. The first kappa shape index (κ1) is 18.6. The van der Waals surface area contributed by atoms with Crippen LogP contribution in [0.5, 0.6) is 0 Å². The second kappa shape index (κ2) is 8.03. The smallest absolute Gasteiger partial charge is 0.235 e. The first-order valence-corrected chi connectivity index (χ1v) is 10.7. The minimum absolute atomic E-state index is 0.0105. The normalized spacial score (nSPS) is 19.5. The van der Waals surface area contributed by atoms with Crippen molar-refractivity contribution in [2.24, 2.45) is 0 Å². The van der Waals surface area contributed by atoms with Crippen LogP contribution < -0.4 is 4.90 Å². The first-order chi connectivity index (χ1) is 12.0. The lowest BCUT2D eigenvalue weighted by atomic mass is 9.94. The Labute approximate surface area is 157 Å². The van der Waals surface area contributed by atoms with Crippen molar-refractivity contribution in [3.63, 3.8) is 0 Å². The molecule has 3 rings (SSSR count). The number of aromatic nitrogens is 2. The van der Waals surface area contributed by atoms with Crippen molar-refractivity contribution in [2.45, 2.75) is 80.5 Å². The zero-order chi connectivity index (χ0) is 18.0. The number of hydrogen-bond donors (Lipinski definition) is 0. The number of carbonyl (C=O) groups excluding carboxylic acids is 2. The highest BCUT2D eigenvalue weighted by molar-refractivity contribution is 8.02. The fourth-order valence-electron chi connectivity index (χ4n) is 3.36. The van der Waals surface area contributed by atoms with Gasteiger partial charge in [0.1, 0.15) is 0 Å². The Kier molecular flexibility index (Phi) is 5.99. The van der Waals surface area contributed by atoms with Crippen LogP contribution in [0.4, 0.5) is 5.13 Å². The molecule has 0 spiro atoms. The molecular weight excluding hydrogens is 356 g/mol. The Morgan fingerprint density at radius 1 is 1.12 bits per heavy atom. The molecule has 1 heterocycles. The van der Waals surface area contributed by atoms with Crippen LogP contribution in [0.15, 0.2) is 4.34 Å². The van der Waals surface area contributed by atoms with E-state index in [9.17, 15) is 9.59 Å². The number of rotatable bonds is 6. The zero-order valence-corrected chi connectivity index (χ0v) is 16.7. The molecule has 2 aliphatic rings. The Morgan fingerprint density at radius 3 is 2.40 bits per heavy atom. The van der Waals surface area contributed by atoms with Crippen LogP contribution in [0.25, 0.3) is 0 Å². The van der Waals surface area contributed by atoms with Crippen LogP contribution in [-0.2, 0) is 9.59 Å². The molecule has 2 fully saturated rings. The largest absolute Gasteiger partial charge is 0.342 e. The van der Waals surface area contributed by atoms with E-state index in [4.69, 9.17) is 0 Å². The van der Waals surface area contributed by atoms with Gasteiger partial charge in [-0.15, -0.1) is 10.2 Å². The summed E-state index contributed by atoms with van der Waals surface area (Å²) >= 11 is 2.85. The zero-order valence-electron chi connectivity index (χ0n) is 15.1. The van der Waals surface area contributed by atoms with E-state index in [2.05, 4.69) is 10.2 Å². The van der Waals surface area contributed by atoms with E-state index in [0.717, 1.165) is 30.0 Å². The maximum Gasteiger partial charge on any atom is 0.235 e. The summed E-state index contributed by atoms with van der Waals surface area (Å²) in [7, 11) is 1.92. The molecule has 1 aromatic rings. The number of amides is 2. The van der Waals surface area contributed by atoms with Gasteiger partial charge >= 0.3 is 0 Å². The summed E-state index contributed by atoms with van der Waals surface area (Å²) in [4.78, 5) is 28.2. The van der Waals surface area contributed by atoms with Gasteiger partial charge in [-0.1, -0.05) is 42.4 Å². The van der Waals surface area contributed by atoms with E-state index in [0.29, 0.717) is 11.2 Å². The van der Waals surface area contributed by atoms with Gasteiger partial charge in [-0.05, 0) is 32.6 Å². The second-order valence-corrected chi connectivity index (χ2v) is 9.52. The summed E-state index contributed by atoms with van der Waals surface area (Å²) in [6, 6.07) is 0.650. The van der Waals surface area contributed by atoms with E-state index >= 15 is 0 Å². The molecule has 2 aliphatic carbocycles. The van der Waals surface area contributed by atoms with E-state index in [1.54, 1.807) is 11.8 Å². The van der Waals surface area contributed by atoms with E-state index < -0.39 is 0 Å². The standard InChI is InChI=1S/C17H26N4O2S2/c1-11(15(23)20(3)13-7-5-4-6-8-13)24-17-19-18-16(25-17)21(12(2)22)14-9-10-14/h11,13-14H,4-10H2,1-3H3. The molecule has 8 heteroatoms. The van der Waals surface area contributed by atoms with E-state index in [1.165, 1.54) is 42.4 Å². The second-order valence-electron chi connectivity index (χ2n) is 6.97. The van der Waals surface area contributed by atoms with Crippen molar-refractivity contribution in [3.8, 4) is 0 Å². The number of thioether (sulfide) groups is 1. The number of anilines is 1. The van der Waals surface area contributed by atoms with Gasteiger partial charge < -0.3 is 4.90 Å². The van der Waals surface area contributed by atoms with Crippen molar-refractivity contribution in [3.05, 3.63) is 0 Å². The quantitative estimate of drug-likeness (QED) is 0.558. The molecule has 2 saturated carbocycles. The Morgan fingerprint density at radius 2 is 1.80 bits per heavy atom. The van der Waals surface area contributed by atoms with Gasteiger partial charge in [-0.25, -0.2) is 0 Å². The number of hydrogen-bond acceptors (Lipinski definition) is 6. The third-order valence-electron chi connectivity index (χ3n) is 4.95. The van der Waals surface area contributed by atoms with Crippen LogP contribution in [-0.4, -0.2) is 51.3 Å². The Hall–Kier alpha value is -1.15. The summed E-state index contributed by atoms with van der Waals surface area (Å²) in [5, 5.41) is 8.82. The van der Waals surface area contributed by atoms with Crippen molar-refractivity contribution in [2.75, 3.05) is 11.9 Å². The molecule has 0 saturated heterocycles. The molecule has 1 unspecified atom stereocenters. The Bertz CT molecular complexity index is 626. The SMILES string of the molecule is CC(=O)N(c1nnc(SC(C)C(=O)N(C)C2CCCCC2)s1)C1CC1. The molecule has 25 heavy (non-hydrogen) atoms. The third-order valence-corrected chi connectivity index (χ3v) is 7.04. The van der Waals surface area contributed by atoms with Crippen LogP contribution >= 0.6 is 23.1 Å². The number of nitrogens with zero attached hydrogens (tertiary/aromatic N) is 4. The fourth-order valence-corrected chi connectivity index (χ4v) is 5.57. The average Bonchev–Trinajstić information content (AvgIpc) is 3.33. The van der Waals surface area contributed by atoms with Crippen LogP contribution in [0, 0.1) is 0 Å². The van der Waals surface area contributed by atoms with Crippen LogP contribution in [0.2, 0.25) is 0 Å². The van der Waals surface area contributed by atoms with Gasteiger partial charge in [0, 0.05) is 26.1 Å².